The normalized spacial score (nSPS) is 20.7. The Balaban J connectivity index is 1.96. The van der Waals surface area contributed by atoms with E-state index >= 15 is 0 Å². The standard InChI is InChI=1S/C14H19BrN2O2/c1-10(2)17-3-4-19-14(9-17)13(18)6-11-5-12(15)8-16-7-11/h5,7-8,10,14H,3-4,6,9H2,1-2H3. The molecule has 2 rings (SSSR count). The first-order valence-corrected chi connectivity index (χ1v) is 7.33. The number of hydrogen-bond acceptors (Lipinski definition) is 4. The van der Waals surface area contributed by atoms with E-state index in [0.717, 1.165) is 16.6 Å². The Morgan fingerprint density at radius 1 is 1.58 bits per heavy atom. The Labute approximate surface area is 122 Å². The van der Waals surface area contributed by atoms with Crippen molar-refractivity contribution in [1.29, 1.82) is 0 Å². The molecule has 2 heterocycles. The Hall–Kier alpha value is -0.780. The molecule has 1 fully saturated rings. The maximum atomic E-state index is 12.3. The van der Waals surface area contributed by atoms with E-state index in [2.05, 4.69) is 39.7 Å². The molecular formula is C14H19BrN2O2. The van der Waals surface area contributed by atoms with Gasteiger partial charge >= 0.3 is 0 Å². The van der Waals surface area contributed by atoms with Crippen molar-refractivity contribution in [1.82, 2.24) is 9.88 Å². The largest absolute Gasteiger partial charge is 0.368 e. The van der Waals surface area contributed by atoms with Crippen molar-refractivity contribution >= 4 is 21.7 Å². The van der Waals surface area contributed by atoms with Gasteiger partial charge in [-0.2, -0.15) is 0 Å². The molecule has 0 aliphatic carbocycles. The number of carbonyl (C=O) groups excluding carboxylic acids is 1. The van der Waals surface area contributed by atoms with Gasteiger partial charge in [0, 0.05) is 42.4 Å². The average molecular weight is 327 g/mol. The Morgan fingerprint density at radius 2 is 2.37 bits per heavy atom. The third kappa shape index (κ3) is 4.09. The highest BCUT2D eigenvalue weighted by molar-refractivity contribution is 9.10. The molecule has 4 nitrogen and oxygen atoms in total. The molecule has 0 spiro atoms. The van der Waals surface area contributed by atoms with E-state index in [0.29, 0.717) is 25.6 Å². The molecule has 0 amide bonds. The van der Waals surface area contributed by atoms with Gasteiger partial charge in [0.2, 0.25) is 0 Å². The lowest BCUT2D eigenvalue weighted by Gasteiger charge is -2.34. The summed E-state index contributed by atoms with van der Waals surface area (Å²) >= 11 is 3.36. The van der Waals surface area contributed by atoms with Crippen LogP contribution >= 0.6 is 15.9 Å². The summed E-state index contributed by atoms with van der Waals surface area (Å²) < 4.78 is 6.49. The molecule has 0 bridgehead atoms. The van der Waals surface area contributed by atoms with Crippen molar-refractivity contribution in [2.45, 2.75) is 32.4 Å². The molecular weight excluding hydrogens is 308 g/mol. The van der Waals surface area contributed by atoms with Crippen molar-refractivity contribution in [3.8, 4) is 0 Å². The molecule has 1 atom stereocenters. The van der Waals surface area contributed by atoms with Gasteiger partial charge in [-0.3, -0.25) is 14.7 Å². The number of nitrogens with zero attached hydrogens (tertiary/aromatic N) is 2. The molecule has 1 saturated heterocycles. The zero-order valence-electron chi connectivity index (χ0n) is 11.3. The fourth-order valence-corrected chi connectivity index (χ4v) is 2.61. The van der Waals surface area contributed by atoms with E-state index in [-0.39, 0.29) is 11.9 Å². The first kappa shape index (κ1) is 14.6. The molecule has 1 unspecified atom stereocenters. The maximum Gasteiger partial charge on any atom is 0.167 e. The predicted octanol–water partition coefficient (Wildman–Crippen LogP) is 2.06. The van der Waals surface area contributed by atoms with E-state index in [9.17, 15) is 4.79 Å². The third-order valence-corrected chi connectivity index (χ3v) is 3.76. The highest BCUT2D eigenvalue weighted by atomic mass is 79.9. The van der Waals surface area contributed by atoms with Crippen LogP contribution in [0.15, 0.2) is 22.9 Å². The second-order valence-electron chi connectivity index (χ2n) is 5.10. The number of Topliss-reactive ketones (excluding diaryl/α,β-unsaturated/α-hetero) is 1. The van der Waals surface area contributed by atoms with Crippen LogP contribution in [0.4, 0.5) is 0 Å². The molecule has 1 aliphatic heterocycles. The zero-order valence-corrected chi connectivity index (χ0v) is 12.9. The second-order valence-corrected chi connectivity index (χ2v) is 6.02. The molecule has 1 aromatic heterocycles. The molecule has 0 radical (unpaired) electrons. The Morgan fingerprint density at radius 3 is 3.05 bits per heavy atom. The number of ketones is 1. The highest BCUT2D eigenvalue weighted by Crippen LogP contribution is 2.14. The number of ether oxygens (including phenoxy) is 1. The number of rotatable bonds is 4. The average Bonchev–Trinajstić information content (AvgIpc) is 2.39. The van der Waals surface area contributed by atoms with Gasteiger partial charge in [-0.05, 0) is 41.4 Å². The SMILES string of the molecule is CC(C)N1CCOC(C(=O)Cc2cncc(Br)c2)C1. The van der Waals surface area contributed by atoms with Gasteiger partial charge in [-0.25, -0.2) is 0 Å². The smallest absolute Gasteiger partial charge is 0.167 e. The first-order valence-electron chi connectivity index (χ1n) is 6.54. The van der Waals surface area contributed by atoms with Crippen molar-refractivity contribution in [3.05, 3.63) is 28.5 Å². The number of aromatic nitrogens is 1. The summed E-state index contributed by atoms with van der Waals surface area (Å²) in [4.78, 5) is 18.6. The Kier molecular flexibility index (Phi) is 5.07. The number of halogens is 1. The van der Waals surface area contributed by atoms with E-state index in [1.54, 1.807) is 12.4 Å². The fourth-order valence-electron chi connectivity index (χ4n) is 2.20. The first-order chi connectivity index (χ1) is 9.06. The summed E-state index contributed by atoms with van der Waals surface area (Å²) in [5.41, 5.74) is 0.921. The summed E-state index contributed by atoms with van der Waals surface area (Å²) in [5, 5.41) is 0. The van der Waals surface area contributed by atoms with E-state index in [1.165, 1.54) is 0 Å². The zero-order chi connectivity index (χ0) is 13.8. The van der Waals surface area contributed by atoms with Crippen LogP contribution in [-0.4, -0.2) is 47.5 Å². The molecule has 1 aliphatic rings. The molecule has 0 aromatic carbocycles. The summed E-state index contributed by atoms with van der Waals surface area (Å²) in [6, 6.07) is 2.38. The van der Waals surface area contributed by atoms with Crippen molar-refractivity contribution in [2.24, 2.45) is 0 Å². The van der Waals surface area contributed by atoms with Gasteiger partial charge in [0.05, 0.1) is 6.61 Å². The van der Waals surface area contributed by atoms with Crippen molar-refractivity contribution in [3.63, 3.8) is 0 Å². The van der Waals surface area contributed by atoms with Gasteiger partial charge < -0.3 is 4.74 Å². The van der Waals surface area contributed by atoms with Crippen molar-refractivity contribution in [2.75, 3.05) is 19.7 Å². The van der Waals surface area contributed by atoms with Crippen LogP contribution < -0.4 is 0 Å². The topological polar surface area (TPSA) is 42.4 Å². The Bertz CT molecular complexity index is 451. The summed E-state index contributed by atoms with van der Waals surface area (Å²) in [6.07, 6.45) is 3.51. The van der Waals surface area contributed by atoms with E-state index in [1.807, 2.05) is 6.07 Å². The van der Waals surface area contributed by atoms with Gasteiger partial charge in [0.25, 0.3) is 0 Å². The minimum Gasteiger partial charge on any atom is -0.368 e. The van der Waals surface area contributed by atoms with Crippen molar-refractivity contribution < 1.29 is 9.53 Å². The van der Waals surface area contributed by atoms with Crippen LogP contribution in [0, 0.1) is 0 Å². The van der Waals surface area contributed by atoms with Crippen LogP contribution in [0.5, 0.6) is 0 Å². The fraction of sp³-hybridized carbons (Fsp3) is 0.571. The molecule has 19 heavy (non-hydrogen) atoms. The van der Waals surface area contributed by atoms with Gasteiger partial charge in [0.15, 0.2) is 5.78 Å². The van der Waals surface area contributed by atoms with E-state index in [4.69, 9.17) is 4.74 Å². The minimum atomic E-state index is -0.310. The molecule has 0 N–H and O–H groups in total. The lowest BCUT2D eigenvalue weighted by molar-refractivity contribution is -0.136. The molecule has 1 aromatic rings. The quantitative estimate of drug-likeness (QED) is 0.849. The monoisotopic (exact) mass is 326 g/mol. The molecule has 5 heteroatoms. The highest BCUT2D eigenvalue weighted by Gasteiger charge is 2.27. The minimum absolute atomic E-state index is 0.130. The second kappa shape index (κ2) is 6.59. The van der Waals surface area contributed by atoms with Crippen LogP contribution in [-0.2, 0) is 16.0 Å². The number of pyridine rings is 1. The third-order valence-electron chi connectivity index (χ3n) is 3.33. The van der Waals surface area contributed by atoms with Crippen LogP contribution in [0.3, 0.4) is 0 Å². The van der Waals surface area contributed by atoms with Crippen LogP contribution in [0.25, 0.3) is 0 Å². The summed E-state index contributed by atoms with van der Waals surface area (Å²) in [5.74, 6) is 0.130. The maximum absolute atomic E-state index is 12.3. The number of carbonyl (C=O) groups is 1. The lowest BCUT2D eigenvalue weighted by atomic mass is 10.1. The van der Waals surface area contributed by atoms with Gasteiger partial charge in [-0.15, -0.1) is 0 Å². The molecule has 0 saturated carbocycles. The van der Waals surface area contributed by atoms with Gasteiger partial charge in [0.1, 0.15) is 6.10 Å². The van der Waals surface area contributed by atoms with Gasteiger partial charge in [-0.1, -0.05) is 0 Å². The summed E-state index contributed by atoms with van der Waals surface area (Å²) in [6.45, 7) is 6.51. The number of hydrogen-bond donors (Lipinski definition) is 0. The number of morpholine rings is 1. The van der Waals surface area contributed by atoms with Crippen LogP contribution in [0.2, 0.25) is 0 Å². The summed E-state index contributed by atoms with van der Waals surface area (Å²) in [7, 11) is 0. The predicted molar refractivity (Wildman–Crippen MR) is 77.1 cm³/mol. The molecule has 104 valence electrons. The van der Waals surface area contributed by atoms with E-state index < -0.39 is 0 Å². The lowest BCUT2D eigenvalue weighted by Crippen LogP contribution is -2.49. The van der Waals surface area contributed by atoms with Crippen LogP contribution in [0.1, 0.15) is 19.4 Å².